The highest BCUT2D eigenvalue weighted by Crippen LogP contribution is 2.28. The number of hydrogen-bond donors (Lipinski definition) is 3. The second kappa shape index (κ2) is 8.64. The van der Waals surface area contributed by atoms with Crippen LogP contribution in [0.2, 0.25) is 0 Å². The number of rotatable bonds is 6. The van der Waals surface area contributed by atoms with Gasteiger partial charge in [-0.05, 0) is 37.1 Å². The number of hydrogen-bond acceptors (Lipinski definition) is 7. The maximum Gasteiger partial charge on any atom is 0.262 e. The number of nitrogens with zero attached hydrogens (tertiary/aromatic N) is 1. The second-order valence-corrected chi connectivity index (χ2v) is 8.67. The van der Waals surface area contributed by atoms with E-state index in [0.717, 1.165) is 35.7 Å². The third-order valence-corrected chi connectivity index (χ3v) is 6.63. The summed E-state index contributed by atoms with van der Waals surface area (Å²) in [7, 11) is 0. The Morgan fingerprint density at radius 2 is 1.97 bits per heavy atom. The van der Waals surface area contributed by atoms with E-state index in [1.165, 1.54) is 5.75 Å². The summed E-state index contributed by atoms with van der Waals surface area (Å²) in [5.74, 6) is 0.393. The molecular formula is C20H24N4O4S. The summed E-state index contributed by atoms with van der Waals surface area (Å²) in [5, 5.41) is 9.10. The fraction of sp³-hybridized carbons (Fsp3) is 0.500. The Morgan fingerprint density at radius 3 is 2.72 bits per heavy atom. The molecule has 0 bridgehead atoms. The number of benzene rings is 1. The summed E-state index contributed by atoms with van der Waals surface area (Å²) in [5.41, 5.74) is 1.55. The van der Waals surface area contributed by atoms with Gasteiger partial charge in [-0.25, -0.2) is 0 Å². The second-order valence-electron chi connectivity index (χ2n) is 7.52. The van der Waals surface area contributed by atoms with Crippen LogP contribution in [0.4, 0.5) is 0 Å². The van der Waals surface area contributed by atoms with Crippen LogP contribution in [-0.4, -0.2) is 65.2 Å². The minimum absolute atomic E-state index is 0.118. The van der Waals surface area contributed by atoms with E-state index in [2.05, 4.69) is 16.0 Å². The first kappa shape index (κ1) is 20.1. The van der Waals surface area contributed by atoms with Gasteiger partial charge in [-0.15, -0.1) is 0 Å². The summed E-state index contributed by atoms with van der Waals surface area (Å²) in [6.07, 6.45) is 1.32. The summed E-state index contributed by atoms with van der Waals surface area (Å²) in [4.78, 5) is 50.0. The molecule has 154 valence electrons. The third kappa shape index (κ3) is 4.22. The van der Waals surface area contributed by atoms with Crippen LogP contribution in [0.5, 0.6) is 0 Å². The zero-order chi connectivity index (χ0) is 20.4. The fourth-order valence-electron chi connectivity index (χ4n) is 3.94. The first-order valence-corrected chi connectivity index (χ1v) is 11.1. The molecule has 3 aliphatic heterocycles. The van der Waals surface area contributed by atoms with Crippen molar-refractivity contribution in [3.63, 3.8) is 0 Å². The van der Waals surface area contributed by atoms with E-state index in [9.17, 15) is 19.2 Å². The van der Waals surface area contributed by atoms with Crippen molar-refractivity contribution in [3.8, 4) is 0 Å². The molecule has 1 aromatic carbocycles. The molecule has 3 aliphatic rings. The van der Waals surface area contributed by atoms with Gasteiger partial charge in [0.1, 0.15) is 6.04 Å². The first-order valence-electron chi connectivity index (χ1n) is 9.91. The minimum atomic E-state index is -0.928. The Kier molecular flexibility index (Phi) is 5.98. The molecule has 0 aliphatic carbocycles. The third-order valence-electron chi connectivity index (χ3n) is 5.50. The molecule has 1 aromatic rings. The zero-order valence-electron chi connectivity index (χ0n) is 16.0. The van der Waals surface area contributed by atoms with Crippen LogP contribution in [0.3, 0.4) is 0 Å². The fourth-order valence-corrected chi connectivity index (χ4v) is 4.94. The zero-order valence-corrected chi connectivity index (χ0v) is 16.8. The number of amides is 4. The van der Waals surface area contributed by atoms with Gasteiger partial charge in [-0.1, -0.05) is 6.07 Å². The number of carbonyl (C=O) groups is 4. The van der Waals surface area contributed by atoms with E-state index in [-0.39, 0.29) is 18.7 Å². The first-order chi connectivity index (χ1) is 14.0. The molecule has 0 aromatic heterocycles. The van der Waals surface area contributed by atoms with E-state index >= 15 is 0 Å². The molecule has 2 saturated heterocycles. The predicted octanol–water partition coefficient (Wildman–Crippen LogP) is 0.273. The van der Waals surface area contributed by atoms with Gasteiger partial charge in [0.25, 0.3) is 11.8 Å². The monoisotopic (exact) mass is 416 g/mol. The molecule has 2 fully saturated rings. The molecule has 4 rings (SSSR count). The lowest BCUT2D eigenvalue weighted by Gasteiger charge is -2.27. The number of carbonyl (C=O) groups excluding carboxylic acids is 4. The van der Waals surface area contributed by atoms with Crippen molar-refractivity contribution in [3.05, 3.63) is 34.9 Å². The quantitative estimate of drug-likeness (QED) is 0.451. The van der Waals surface area contributed by atoms with Gasteiger partial charge < -0.3 is 10.6 Å². The topological polar surface area (TPSA) is 108 Å². The number of piperidine rings is 1. The Bertz CT molecular complexity index is 853. The van der Waals surface area contributed by atoms with E-state index in [1.807, 2.05) is 17.8 Å². The van der Waals surface area contributed by atoms with Crippen molar-refractivity contribution in [1.82, 2.24) is 20.9 Å². The predicted molar refractivity (Wildman–Crippen MR) is 109 cm³/mol. The molecule has 3 heterocycles. The Hall–Kier alpha value is -2.23. The van der Waals surface area contributed by atoms with Crippen LogP contribution >= 0.6 is 11.8 Å². The highest BCUT2D eigenvalue weighted by molar-refractivity contribution is 7.99. The Morgan fingerprint density at radius 1 is 1.14 bits per heavy atom. The SMILES string of the molecule is O=C1CCC(N2C(=O)c3ccc(CNCCC4CSCCN4)cc3C2=O)C(=O)N1. The van der Waals surface area contributed by atoms with Gasteiger partial charge in [0.2, 0.25) is 11.8 Å². The smallest absolute Gasteiger partial charge is 0.262 e. The number of imide groups is 2. The molecule has 3 N–H and O–H groups in total. The van der Waals surface area contributed by atoms with Crippen LogP contribution in [0.1, 0.15) is 45.5 Å². The molecule has 0 radical (unpaired) electrons. The maximum atomic E-state index is 12.8. The van der Waals surface area contributed by atoms with Gasteiger partial charge in [0.15, 0.2) is 0 Å². The van der Waals surface area contributed by atoms with Crippen molar-refractivity contribution in [2.45, 2.75) is 37.9 Å². The summed E-state index contributed by atoms with van der Waals surface area (Å²) in [6, 6.07) is 4.81. The van der Waals surface area contributed by atoms with E-state index in [0.29, 0.717) is 23.7 Å². The lowest BCUT2D eigenvalue weighted by molar-refractivity contribution is -0.136. The van der Waals surface area contributed by atoms with Crippen molar-refractivity contribution >= 4 is 35.4 Å². The lowest BCUT2D eigenvalue weighted by atomic mass is 10.0. The van der Waals surface area contributed by atoms with E-state index < -0.39 is 23.8 Å². The average Bonchev–Trinajstić information content (AvgIpc) is 2.96. The molecule has 8 nitrogen and oxygen atoms in total. The standard InChI is InChI=1S/C20H24N4O4S/c25-17-4-3-16(18(26)23-17)24-19(27)14-2-1-12(9-15(14)20(24)28)10-21-6-5-13-11-29-8-7-22-13/h1-2,9,13,16,21-22H,3-8,10-11H2,(H,23,25,26). The van der Waals surface area contributed by atoms with E-state index in [4.69, 9.17) is 0 Å². The number of fused-ring (bicyclic) bond motifs is 1. The van der Waals surface area contributed by atoms with Crippen molar-refractivity contribution in [1.29, 1.82) is 0 Å². The Labute approximate surface area is 173 Å². The van der Waals surface area contributed by atoms with Crippen molar-refractivity contribution in [2.24, 2.45) is 0 Å². The molecule has 0 saturated carbocycles. The minimum Gasteiger partial charge on any atom is -0.313 e. The number of thioether (sulfide) groups is 1. The Balaban J connectivity index is 1.38. The molecular weight excluding hydrogens is 392 g/mol. The van der Waals surface area contributed by atoms with Crippen LogP contribution in [0, 0.1) is 0 Å². The van der Waals surface area contributed by atoms with Gasteiger partial charge in [0, 0.05) is 37.1 Å². The highest BCUT2D eigenvalue weighted by atomic mass is 32.2. The van der Waals surface area contributed by atoms with Crippen LogP contribution < -0.4 is 16.0 Å². The molecule has 0 spiro atoms. The molecule has 2 atom stereocenters. The maximum absolute atomic E-state index is 12.8. The van der Waals surface area contributed by atoms with Gasteiger partial charge in [-0.2, -0.15) is 11.8 Å². The summed E-state index contributed by atoms with van der Waals surface area (Å²) >= 11 is 1.97. The van der Waals surface area contributed by atoms with Crippen molar-refractivity contribution in [2.75, 3.05) is 24.6 Å². The van der Waals surface area contributed by atoms with Gasteiger partial charge in [0.05, 0.1) is 11.1 Å². The molecule has 2 unspecified atom stereocenters. The molecule has 29 heavy (non-hydrogen) atoms. The van der Waals surface area contributed by atoms with E-state index in [1.54, 1.807) is 12.1 Å². The summed E-state index contributed by atoms with van der Waals surface area (Å²) in [6.45, 7) is 2.53. The van der Waals surface area contributed by atoms with Crippen LogP contribution in [0.15, 0.2) is 18.2 Å². The van der Waals surface area contributed by atoms with Crippen molar-refractivity contribution < 1.29 is 19.2 Å². The lowest BCUT2D eigenvalue weighted by Crippen LogP contribution is -2.54. The normalized spacial score (nSPS) is 24.6. The van der Waals surface area contributed by atoms with Gasteiger partial charge in [-0.3, -0.25) is 29.4 Å². The average molecular weight is 417 g/mol. The molecule has 9 heteroatoms. The largest absolute Gasteiger partial charge is 0.313 e. The highest BCUT2D eigenvalue weighted by Gasteiger charge is 2.44. The summed E-state index contributed by atoms with van der Waals surface area (Å²) < 4.78 is 0. The van der Waals surface area contributed by atoms with Crippen LogP contribution in [-0.2, 0) is 16.1 Å². The molecule has 4 amide bonds. The number of nitrogens with one attached hydrogen (secondary N) is 3. The van der Waals surface area contributed by atoms with Gasteiger partial charge >= 0.3 is 0 Å². The van der Waals surface area contributed by atoms with Crippen LogP contribution in [0.25, 0.3) is 0 Å².